The van der Waals surface area contributed by atoms with Crippen LogP contribution >= 0.6 is 12.4 Å². The molecule has 170 valence electrons. The van der Waals surface area contributed by atoms with Gasteiger partial charge in [0.1, 0.15) is 12.2 Å². The summed E-state index contributed by atoms with van der Waals surface area (Å²) >= 11 is 0. The molecule has 7 nitrogen and oxygen atoms in total. The molecule has 0 aliphatic heterocycles. The van der Waals surface area contributed by atoms with Crippen molar-refractivity contribution < 1.29 is 22.8 Å². The first kappa shape index (κ1) is 23.4. The van der Waals surface area contributed by atoms with Gasteiger partial charge in [0, 0.05) is 29.1 Å². The van der Waals surface area contributed by atoms with Gasteiger partial charge in [-0.3, -0.25) is 9.20 Å². The molecule has 3 aromatic rings. The zero-order valence-electron chi connectivity index (χ0n) is 16.8. The summed E-state index contributed by atoms with van der Waals surface area (Å²) in [4.78, 5) is 28.4. The van der Waals surface area contributed by atoms with E-state index in [9.17, 15) is 22.8 Å². The number of carbonyl (C=O) groups is 2. The number of imidazole rings is 1. The molecule has 0 atom stereocenters. The van der Waals surface area contributed by atoms with Crippen molar-refractivity contribution in [3.05, 3.63) is 54.4 Å². The molecule has 32 heavy (non-hydrogen) atoms. The normalized spacial score (nSPS) is 13.7. The molecule has 1 aliphatic carbocycles. The highest BCUT2D eigenvalue weighted by Crippen LogP contribution is 2.25. The van der Waals surface area contributed by atoms with Gasteiger partial charge in [-0.25, -0.2) is 9.78 Å². The Labute approximate surface area is 187 Å². The van der Waals surface area contributed by atoms with Gasteiger partial charge in [0.15, 0.2) is 0 Å². The van der Waals surface area contributed by atoms with Gasteiger partial charge in [-0.2, -0.15) is 13.2 Å². The quantitative estimate of drug-likeness (QED) is 0.520. The van der Waals surface area contributed by atoms with Gasteiger partial charge in [-0.05, 0) is 43.5 Å². The molecule has 3 amide bonds. The van der Waals surface area contributed by atoms with E-state index in [1.54, 1.807) is 58.5 Å². The predicted octanol–water partition coefficient (Wildman–Crippen LogP) is 4.39. The number of benzene rings is 1. The van der Waals surface area contributed by atoms with Crippen LogP contribution in [0.1, 0.15) is 29.6 Å². The van der Waals surface area contributed by atoms with Crippen molar-refractivity contribution in [1.29, 1.82) is 0 Å². The molecule has 1 saturated carbocycles. The molecule has 2 aromatic heterocycles. The number of hydrogen-bond donors (Lipinski definition) is 3. The summed E-state index contributed by atoms with van der Waals surface area (Å²) in [6.07, 6.45) is 2.02. The van der Waals surface area contributed by atoms with Crippen molar-refractivity contribution in [2.75, 3.05) is 11.9 Å². The van der Waals surface area contributed by atoms with Gasteiger partial charge in [0.2, 0.25) is 0 Å². The molecule has 0 bridgehead atoms. The van der Waals surface area contributed by atoms with E-state index in [2.05, 4.69) is 15.6 Å². The standard InChI is InChI=1S/C21H20F3N5O2.ClH/c22-21(23,24)12-26-20(31)28-16-6-1-3-13(9-16)17-11-25-18-10-14(7-8-29(17)18)19(30)27-15-4-2-5-15;/h1,3,6-11,15H,2,4-5,12H2,(H,27,30)(H2,26,28,31);1H. The summed E-state index contributed by atoms with van der Waals surface area (Å²) < 4.78 is 38.5. The van der Waals surface area contributed by atoms with Crippen LogP contribution in [0.2, 0.25) is 0 Å². The highest BCUT2D eigenvalue weighted by atomic mass is 35.5. The number of hydrogen-bond acceptors (Lipinski definition) is 3. The topological polar surface area (TPSA) is 87.5 Å². The number of nitrogens with one attached hydrogen (secondary N) is 3. The van der Waals surface area contributed by atoms with Crippen LogP contribution in [-0.4, -0.2) is 40.1 Å². The lowest BCUT2D eigenvalue weighted by atomic mass is 9.93. The number of fused-ring (bicyclic) bond motifs is 1. The monoisotopic (exact) mass is 467 g/mol. The lowest BCUT2D eigenvalue weighted by Crippen LogP contribution is -2.39. The third-order valence-electron chi connectivity index (χ3n) is 5.08. The molecule has 1 fully saturated rings. The smallest absolute Gasteiger partial charge is 0.349 e. The Balaban J connectivity index is 0.00000289. The molecule has 1 aliphatic rings. The van der Waals surface area contributed by atoms with Gasteiger partial charge in [0.05, 0.1) is 11.9 Å². The first-order valence-corrected chi connectivity index (χ1v) is 9.78. The number of pyridine rings is 1. The average molecular weight is 468 g/mol. The van der Waals surface area contributed by atoms with Gasteiger partial charge in [0.25, 0.3) is 5.91 Å². The van der Waals surface area contributed by atoms with Crippen LogP contribution in [0.5, 0.6) is 0 Å². The molecular formula is C21H21ClF3N5O2. The maximum atomic E-state index is 12.4. The Hall–Kier alpha value is -3.27. The zero-order chi connectivity index (χ0) is 22.0. The molecule has 2 heterocycles. The number of halogens is 4. The van der Waals surface area contributed by atoms with E-state index in [4.69, 9.17) is 0 Å². The van der Waals surface area contributed by atoms with Crippen molar-refractivity contribution >= 4 is 35.7 Å². The van der Waals surface area contributed by atoms with Gasteiger partial charge >= 0.3 is 12.2 Å². The minimum absolute atomic E-state index is 0. The molecular weight excluding hydrogens is 447 g/mol. The van der Waals surface area contributed by atoms with E-state index in [1.165, 1.54) is 0 Å². The number of urea groups is 1. The number of anilines is 1. The Bertz CT molecular complexity index is 1130. The molecule has 3 N–H and O–H groups in total. The second kappa shape index (κ2) is 9.47. The van der Waals surface area contributed by atoms with Gasteiger partial charge in [-0.1, -0.05) is 12.1 Å². The number of alkyl halides is 3. The molecule has 0 saturated heterocycles. The number of nitrogens with zero attached hydrogens (tertiary/aromatic N) is 2. The number of carbonyl (C=O) groups excluding carboxylic acids is 2. The van der Waals surface area contributed by atoms with Crippen LogP contribution in [0.3, 0.4) is 0 Å². The maximum Gasteiger partial charge on any atom is 0.405 e. The Morgan fingerprint density at radius 3 is 2.62 bits per heavy atom. The Morgan fingerprint density at radius 2 is 1.94 bits per heavy atom. The predicted molar refractivity (Wildman–Crippen MR) is 116 cm³/mol. The fraction of sp³-hybridized carbons (Fsp3) is 0.286. The molecule has 0 radical (unpaired) electrons. The summed E-state index contributed by atoms with van der Waals surface area (Å²) in [5.74, 6) is -0.132. The van der Waals surface area contributed by atoms with E-state index >= 15 is 0 Å². The van der Waals surface area contributed by atoms with Gasteiger partial charge < -0.3 is 16.0 Å². The van der Waals surface area contributed by atoms with E-state index in [-0.39, 0.29) is 24.4 Å². The zero-order valence-corrected chi connectivity index (χ0v) is 17.6. The van der Waals surface area contributed by atoms with Crippen molar-refractivity contribution in [2.45, 2.75) is 31.5 Å². The first-order valence-electron chi connectivity index (χ1n) is 9.78. The van der Waals surface area contributed by atoms with E-state index in [0.717, 1.165) is 19.3 Å². The van der Waals surface area contributed by atoms with Crippen molar-refractivity contribution in [3.63, 3.8) is 0 Å². The van der Waals surface area contributed by atoms with E-state index in [1.807, 2.05) is 0 Å². The number of rotatable bonds is 5. The molecule has 0 spiro atoms. The summed E-state index contributed by atoms with van der Waals surface area (Å²) in [5.41, 5.74) is 2.85. The van der Waals surface area contributed by atoms with E-state index < -0.39 is 18.8 Å². The SMILES string of the molecule is Cl.O=C(NCC(F)(F)F)Nc1cccc(-c2cnc3cc(C(=O)NC4CCC4)ccn23)c1. The third-order valence-corrected chi connectivity index (χ3v) is 5.08. The van der Waals surface area contributed by atoms with Crippen molar-refractivity contribution in [2.24, 2.45) is 0 Å². The first-order chi connectivity index (χ1) is 14.8. The third kappa shape index (κ3) is 5.50. The Kier molecular flexibility index (Phi) is 6.93. The van der Waals surface area contributed by atoms with Crippen LogP contribution in [0, 0.1) is 0 Å². The molecule has 0 unspecified atom stereocenters. The molecule has 4 rings (SSSR count). The molecule has 1 aromatic carbocycles. The fourth-order valence-corrected chi connectivity index (χ4v) is 3.27. The minimum Gasteiger partial charge on any atom is -0.349 e. The summed E-state index contributed by atoms with van der Waals surface area (Å²) in [7, 11) is 0. The van der Waals surface area contributed by atoms with Crippen LogP contribution in [-0.2, 0) is 0 Å². The minimum atomic E-state index is -4.48. The molecule has 11 heteroatoms. The number of amides is 3. The fourth-order valence-electron chi connectivity index (χ4n) is 3.27. The second-order valence-corrected chi connectivity index (χ2v) is 7.39. The second-order valence-electron chi connectivity index (χ2n) is 7.39. The van der Waals surface area contributed by atoms with Gasteiger partial charge in [-0.15, -0.1) is 12.4 Å². The van der Waals surface area contributed by atoms with Crippen molar-refractivity contribution in [3.8, 4) is 11.3 Å². The summed E-state index contributed by atoms with van der Waals surface area (Å²) in [6, 6.07) is 9.37. The maximum absolute atomic E-state index is 12.4. The van der Waals surface area contributed by atoms with Crippen LogP contribution in [0.25, 0.3) is 16.9 Å². The van der Waals surface area contributed by atoms with Crippen LogP contribution in [0.4, 0.5) is 23.7 Å². The summed E-state index contributed by atoms with van der Waals surface area (Å²) in [6.45, 7) is -1.41. The van der Waals surface area contributed by atoms with Crippen LogP contribution in [0.15, 0.2) is 48.8 Å². The Morgan fingerprint density at radius 1 is 1.16 bits per heavy atom. The van der Waals surface area contributed by atoms with Crippen molar-refractivity contribution in [1.82, 2.24) is 20.0 Å². The summed E-state index contributed by atoms with van der Waals surface area (Å²) in [5, 5.41) is 7.14. The van der Waals surface area contributed by atoms with E-state index in [0.29, 0.717) is 28.2 Å². The largest absolute Gasteiger partial charge is 0.405 e. The highest BCUT2D eigenvalue weighted by Gasteiger charge is 2.27. The lowest BCUT2D eigenvalue weighted by molar-refractivity contribution is -0.122. The average Bonchev–Trinajstić information content (AvgIpc) is 3.12. The lowest BCUT2D eigenvalue weighted by Gasteiger charge is -2.26. The van der Waals surface area contributed by atoms with Crippen LogP contribution < -0.4 is 16.0 Å². The highest BCUT2D eigenvalue weighted by molar-refractivity contribution is 5.95. The number of aromatic nitrogens is 2.